The third-order valence-electron chi connectivity index (χ3n) is 5.33. The van der Waals surface area contributed by atoms with Crippen molar-refractivity contribution in [1.29, 1.82) is 5.41 Å². The normalized spacial score (nSPS) is 16.5. The van der Waals surface area contributed by atoms with Crippen LogP contribution in [-0.2, 0) is 11.3 Å². The van der Waals surface area contributed by atoms with Gasteiger partial charge in [0.05, 0.1) is 17.4 Å². The van der Waals surface area contributed by atoms with Crippen molar-refractivity contribution in [3.05, 3.63) is 65.4 Å². The number of carbonyl (C=O) groups excluding carboxylic acids is 1. The fourth-order valence-corrected chi connectivity index (χ4v) is 3.61. The Hall–Kier alpha value is -3.92. The van der Waals surface area contributed by atoms with Gasteiger partial charge in [0.25, 0.3) is 5.91 Å². The van der Waals surface area contributed by atoms with Crippen LogP contribution in [0.15, 0.2) is 54.3 Å². The number of anilines is 1. The molecule has 2 aromatic rings. The summed E-state index contributed by atoms with van der Waals surface area (Å²) in [4.78, 5) is 21.6. The predicted molar refractivity (Wildman–Crippen MR) is 139 cm³/mol. The average Bonchev–Trinajstić information content (AvgIpc) is 3.03. The van der Waals surface area contributed by atoms with Gasteiger partial charge in [0.2, 0.25) is 5.95 Å². The number of carbonyl (C=O) groups is 1. The molecule has 0 bridgehead atoms. The van der Waals surface area contributed by atoms with Gasteiger partial charge in [-0.1, -0.05) is 12.1 Å². The van der Waals surface area contributed by atoms with Crippen molar-refractivity contribution in [3.63, 3.8) is 0 Å². The van der Waals surface area contributed by atoms with Crippen LogP contribution >= 0.6 is 0 Å². The van der Waals surface area contributed by atoms with E-state index in [0.717, 1.165) is 35.3 Å². The second-order valence-electron chi connectivity index (χ2n) is 9.32. The first-order chi connectivity index (χ1) is 16.7. The van der Waals surface area contributed by atoms with Crippen LogP contribution in [0, 0.1) is 5.41 Å². The molecule has 0 spiro atoms. The molecule has 1 aromatic carbocycles. The molecular weight excluding hydrogens is 442 g/mol. The molecule has 35 heavy (non-hydrogen) atoms. The van der Waals surface area contributed by atoms with Gasteiger partial charge in [-0.25, -0.2) is 9.97 Å². The van der Waals surface area contributed by atoms with Crippen molar-refractivity contribution in [3.8, 4) is 11.3 Å². The van der Waals surface area contributed by atoms with Gasteiger partial charge in [0, 0.05) is 49.5 Å². The Balaban J connectivity index is 1.82. The standard InChI is InChI=1S/C25H35N9O/c1-25(2,3)31-15-20(27)23(35)33-22-7-9-29-13-17-11-16(5-6-19(17)22)21-8-10-30-24(34-21)32-18(12-26)14-28-4/h5-6,8,10-12,14-15,22,26,28-29,31H,7,9,13,27H2,1-4H3,(H,33,35)(H,30,32,34)/b18-14+,20-15-,26-12?. The molecule has 0 fully saturated rings. The highest BCUT2D eigenvalue weighted by Gasteiger charge is 2.22. The lowest BCUT2D eigenvalue weighted by molar-refractivity contribution is -0.118. The van der Waals surface area contributed by atoms with E-state index in [1.165, 1.54) is 6.21 Å². The van der Waals surface area contributed by atoms with Crippen LogP contribution in [0.1, 0.15) is 44.4 Å². The summed E-state index contributed by atoms with van der Waals surface area (Å²) in [5.74, 6) is 0.101. The van der Waals surface area contributed by atoms with E-state index in [0.29, 0.717) is 18.2 Å². The summed E-state index contributed by atoms with van der Waals surface area (Å²) in [5.41, 5.74) is 10.3. The van der Waals surface area contributed by atoms with Crippen LogP contribution in [0.5, 0.6) is 0 Å². The van der Waals surface area contributed by atoms with E-state index in [2.05, 4.69) is 42.6 Å². The zero-order valence-electron chi connectivity index (χ0n) is 20.7. The van der Waals surface area contributed by atoms with Crippen LogP contribution in [-0.4, -0.2) is 41.2 Å². The molecule has 2 heterocycles. The maximum Gasteiger partial charge on any atom is 0.269 e. The highest BCUT2D eigenvalue weighted by Crippen LogP contribution is 2.28. The lowest BCUT2D eigenvalue weighted by atomic mass is 9.96. The van der Waals surface area contributed by atoms with Gasteiger partial charge in [0.15, 0.2) is 0 Å². The largest absolute Gasteiger partial charge is 0.393 e. The summed E-state index contributed by atoms with van der Waals surface area (Å²) in [5, 5.41) is 23.0. The first-order valence-corrected chi connectivity index (χ1v) is 11.6. The predicted octanol–water partition coefficient (Wildman–Crippen LogP) is 2.10. The molecule has 3 rings (SSSR count). The molecular formula is C25H35N9O. The van der Waals surface area contributed by atoms with Crippen molar-refractivity contribution in [2.24, 2.45) is 5.73 Å². The van der Waals surface area contributed by atoms with Crippen LogP contribution < -0.4 is 32.3 Å². The Bertz CT molecular complexity index is 1120. The quantitative estimate of drug-likeness (QED) is 0.225. The van der Waals surface area contributed by atoms with E-state index in [1.54, 1.807) is 25.6 Å². The number of nitrogens with zero attached hydrogens (tertiary/aromatic N) is 2. The van der Waals surface area contributed by atoms with E-state index < -0.39 is 0 Å². The summed E-state index contributed by atoms with van der Waals surface area (Å²) in [6, 6.07) is 7.80. The fourth-order valence-electron chi connectivity index (χ4n) is 3.61. The minimum Gasteiger partial charge on any atom is -0.393 e. The topological polar surface area (TPSA) is 153 Å². The summed E-state index contributed by atoms with van der Waals surface area (Å²) >= 11 is 0. The van der Waals surface area contributed by atoms with E-state index >= 15 is 0 Å². The smallest absolute Gasteiger partial charge is 0.269 e. The number of benzene rings is 1. The van der Waals surface area contributed by atoms with Gasteiger partial charge in [0.1, 0.15) is 5.70 Å². The molecule has 1 atom stereocenters. The number of allylic oxidation sites excluding steroid dienone is 1. The van der Waals surface area contributed by atoms with E-state index in [-0.39, 0.29) is 23.2 Å². The Morgan fingerprint density at radius 1 is 1.26 bits per heavy atom. The highest BCUT2D eigenvalue weighted by atomic mass is 16.2. The lowest BCUT2D eigenvalue weighted by Gasteiger charge is -2.21. The highest BCUT2D eigenvalue weighted by molar-refractivity contribution is 5.92. The molecule has 1 aromatic heterocycles. The molecule has 10 nitrogen and oxygen atoms in total. The van der Waals surface area contributed by atoms with E-state index in [4.69, 9.17) is 11.1 Å². The number of rotatable bonds is 8. The van der Waals surface area contributed by atoms with Crippen LogP contribution in [0.3, 0.4) is 0 Å². The third kappa shape index (κ3) is 7.28. The Kier molecular flexibility index (Phi) is 8.43. The molecule has 0 saturated carbocycles. The second-order valence-corrected chi connectivity index (χ2v) is 9.32. The Morgan fingerprint density at radius 3 is 2.77 bits per heavy atom. The van der Waals surface area contributed by atoms with Gasteiger partial charge in [-0.3, -0.25) is 4.79 Å². The molecule has 10 heteroatoms. The molecule has 186 valence electrons. The summed E-state index contributed by atoms with van der Waals surface area (Å²) in [6.07, 6.45) is 6.84. The monoisotopic (exact) mass is 477 g/mol. The van der Waals surface area contributed by atoms with Crippen molar-refractivity contribution in [2.45, 2.75) is 45.3 Å². The first-order valence-electron chi connectivity index (χ1n) is 11.6. The third-order valence-corrected chi connectivity index (χ3v) is 5.33. The summed E-state index contributed by atoms with van der Waals surface area (Å²) < 4.78 is 0. The second kappa shape index (κ2) is 11.5. The number of nitrogens with two attached hydrogens (primary N) is 1. The van der Waals surface area contributed by atoms with Crippen molar-refractivity contribution in [1.82, 2.24) is 31.2 Å². The van der Waals surface area contributed by atoms with E-state index in [1.807, 2.05) is 39.0 Å². The van der Waals surface area contributed by atoms with Crippen LogP contribution in [0.4, 0.5) is 5.95 Å². The lowest BCUT2D eigenvalue weighted by Crippen LogP contribution is -2.36. The van der Waals surface area contributed by atoms with Crippen LogP contribution in [0.25, 0.3) is 11.3 Å². The fraction of sp³-hybridized carbons (Fsp3) is 0.360. The number of hydrogen-bond acceptors (Lipinski definition) is 9. The maximum absolute atomic E-state index is 12.7. The SMILES string of the molecule is CN/C=C(\C=N)Nc1nccc(-c2ccc3c(c2)CNCCC3NC(=O)/C(N)=C/NC(C)(C)C)n1. The molecule has 0 saturated heterocycles. The molecule has 0 aliphatic carbocycles. The van der Waals surface area contributed by atoms with Gasteiger partial charge in [-0.2, -0.15) is 0 Å². The summed E-state index contributed by atoms with van der Waals surface area (Å²) in [7, 11) is 1.76. The Labute approximate surface area is 206 Å². The van der Waals surface area contributed by atoms with E-state index in [9.17, 15) is 4.79 Å². The zero-order chi connectivity index (χ0) is 25.4. The molecule has 1 aliphatic heterocycles. The van der Waals surface area contributed by atoms with Gasteiger partial charge >= 0.3 is 0 Å². The Morgan fingerprint density at radius 2 is 2.06 bits per heavy atom. The van der Waals surface area contributed by atoms with Crippen molar-refractivity contribution < 1.29 is 4.79 Å². The van der Waals surface area contributed by atoms with Crippen molar-refractivity contribution >= 4 is 18.1 Å². The molecule has 8 N–H and O–H groups in total. The maximum atomic E-state index is 12.7. The number of fused-ring (bicyclic) bond motifs is 1. The number of amides is 1. The number of nitrogens with one attached hydrogen (secondary N) is 6. The molecule has 0 radical (unpaired) electrons. The minimum atomic E-state index is -0.299. The minimum absolute atomic E-state index is 0.146. The van der Waals surface area contributed by atoms with Gasteiger partial charge < -0.3 is 37.7 Å². The number of aromatic nitrogens is 2. The summed E-state index contributed by atoms with van der Waals surface area (Å²) in [6.45, 7) is 7.46. The zero-order valence-corrected chi connectivity index (χ0v) is 20.7. The molecule has 1 amide bonds. The average molecular weight is 478 g/mol. The van der Waals surface area contributed by atoms with Gasteiger partial charge in [-0.05, 0) is 57.0 Å². The van der Waals surface area contributed by atoms with Crippen LogP contribution in [0.2, 0.25) is 0 Å². The molecule has 1 aliphatic rings. The van der Waals surface area contributed by atoms with Crippen molar-refractivity contribution in [2.75, 3.05) is 18.9 Å². The molecule has 1 unspecified atom stereocenters. The first kappa shape index (κ1) is 25.7. The van der Waals surface area contributed by atoms with Gasteiger partial charge in [-0.15, -0.1) is 0 Å². The number of hydrogen-bond donors (Lipinski definition) is 7.